The van der Waals surface area contributed by atoms with Gasteiger partial charge in [0.25, 0.3) is 0 Å². The summed E-state index contributed by atoms with van der Waals surface area (Å²) in [6.07, 6.45) is 8.08. The van der Waals surface area contributed by atoms with Crippen LogP contribution in [0.4, 0.5) is 0 Å². The molecule has 5 heteroatoms. The summed E-state index contributed by atoms with van der Waals surface area (Å²) in [6, 6.07) is 4.78. The summed E-state index contributed by atoms with van der Waals surface area (Å²) in [5.74, 6) is -0.622. The van der Waals surface area contributed by atoms with Crippen LogP contribution in [0.25, 0.3) is 5.57 Å². The molecule has 0 saturated heterocycles. The molecule has 5 nitrogen and oxygen atoms in total. The Balaban J connectivity index is 2.21. The predicted octanol–water partition coefficient (Wildman–Crippen LogP) is 4.59. The molecule has 1 aromatic rings. The van der Waals surface area contributed by atoms with Crippen molar-refractivity contribution in [2.45, 2.75) is 64.9 Å². The van der Waals surface area contributed by atoms with Crippen LogP contribution in [0.1, 0.15) is 64.9 Å². The molecule has 0 bridgehead atoms. The maximum Gasteiger partial charge on any atom is 0.336 e. The van der Waals surface area contributed by atoms with Gasteiger partial charge in [0, 0.05) is 18.6 Å². The van der Waals surface area contributed by atoms with Gasteiger partial charge in [-0.15, -0.1) is 0 Å². The second-order valence-corrected chi connectivity index (χ2v) is 6.69. The molecule has 0 aromatic heterocycles. The molecule has 1 N–H and O–H groups in total. The normalized spacial score (nSPS) is 18.8. The van der Waals surface area contributed by atoms with Gasteiger partial charge in [-0.1, -0.05) is 32.6 Å². The molecule has 1 heterocycles. The van der Waals surface area contributed by atoms with Crippen LogP contribution in [0, 0.1) is 0 Å². The number of hydrogen-bond donors (Lipinski definition) is 1. The third-order valence-electron chi connectivity index (χ3n) is 4.30. The zero-order chi connectivity index (χ0) is 18.4. The number of fused-ring (bicyclic) bond motifs is 1. The number of rotatable bonds is 8. The number of benzene rings is 1. The van der Waals surface area contributed by atoms with E-state index in [0.717, 1.165) is 19.3 Å². The van der Waals surface area contributed by atoms with Crippen molar-refractivity contribution >= 4 is 17.5 Å². The lowest BCUT2D eigenvalue weighted by molar-refractivity contribution is -0.132. The van der Waals surface area contributed by atoms with Crippen molar-refractivity contribution in [3.63, 3.8) is 0 Å². The molecule has 0 radical (unpaired) electrons. The molecule has 0 fully saturated rings. The van der Waals surface area contributed by atoms with Crippen LogP contribution in [-0.2, 0) is 9.59 Å². The lowest BCUT2D eigenvalue weighted by Crippen LogP contribution is -2.34. The summed E-state index contributed by atoms with van der Waals surface area (Å²) >= 11 is 0. The fourth-order valence-corrected chi connectivity index (χ4v) is 3.08. The van der Waals surface area contributed by atoms with Gasteiger partial charge < -0.3 is 14.6 Å². The first-order chi connectivity index (χ1) is 11.8. The van der Waals surface area contributed by atoms with Gasteiger partial charge in [0.15, 0.2) is 0 Å². The van der Waals surface area contributed by atoms with Crippen LogP contribution < -0.4 is 9.47 Å². The van der Waals surface area contributed by atoms with Gasteiger partial charge in [-0.25, -0.2) is 4.79 Å². The summed E-state index contributed by atoms with van der Waals surface area (Å²) in [5.41, 5.74) is 0.0560. The third-order valence-corrected chi connectivity index (χ3v) is 4.30. The Labute approximate surface area is 148 Å². The number of aliphatic carboxylic acids is 1. The minimum atomic E-state index is -0.984. The molecule has 136 valence electrons. The molecule has 1 aromatic carbocycles. The van der Waals surface area contributed by atoms with E-state index in [1.807, 2.05) is 6.92 Å². The van der Waals surface area contributed by atoms with Crippen LogP contribution in [0.5, 0.6) is 11.5 Å². The summed E-state index contributed by atoms with van der Waals surface area (Å²) in [7, 11) is 0. The van der Waals surface area contributed by atoms with E-state index < -0.39 is 17.5 Å². The summed E-state index contributed by atoms with van der Waals surface area (Å²) in [5, 5.41) is 9.56. The molecule has 1 aliphatic heterocycles. The number of carbonyl (C=O) groups is 2. The predicted molar refractivity (Wildman–Crippen MR) is 95.8 cm³/mol. The molecular weight excluding hydrogens is 320 g/mol. The summed E-state index contributed by atoms with van der Waals surface area (Å²) in [4.78, 5) is 22.8. The summed E-state index contributed by atoms with van der Waals surface area (Å²) in [6.45, 7) is 5.39. The number of carboxylic acid groups (broad SMARTS) is 1. The van der Waals surface area contributed by atoms with E-state index in [9.17, 15) is 14.7 Å². The second-order valence-electron chi connectivity index (χ2n) is 6.69. The van der Waals surface area contributed by atoms with E-state index in [4.69, 9.17) is 9.47 Å². The Morgan fingerprint density at radius 2 is 1.92 bits per heavy atom. The maximum absolute atomic E-state index is 11.7. The van der Waals surface area contributed by atoms with Gasteiger partial charge in [-0.3, -0.25) is 4.79 Å². The monoisotopic (exact) mass is 346 g/mol. The van der Waals surface area contributed by atoms with E-state index in [2.05, 4.69) is 6.92 Å². The Bertz CT molecular complexity index is 677. The SMILES string of the molecule is CCCCCCCC1(C)C=C(C(=O)O)c2ccc(OC(C)=O)cc2O1. The van der Waals surface area contributed by atoms with Crippen molar-refractivity contribution in [3.05, 3.63) is 29.8 Å². The van der Waals surface area contributed by atoms with Gasteiger partial charge in [0.05, 0.1) is 5.57 Å². The van der Waals surface area contributed by atoms with Crippen LogP contribution in [0.2, 0.25) is 0 Å². The van der Waals surface area contributed by atoms with Crippen molar-refractivity contribution in [1.29, 1.82) is 0 Å². The smallest absolute Gasteiger partial charge is 0.336 e. The van der Waals surface area contributed by atoms with E-state index in [0.29, 0.717) is 17.1 Å². The van der Waals surface area contributed by atoms with E-state index >= 15 is 0 Å². The van der Waals surface area contributed by atoms with Gasteiger partial charge in [-0.2, -0.15) is 0 Å². The van der Waals surface area contributed by atoms with Crippen molar-refractivity contribution in [3.8, 4) is 11.5 Å². The highest BCUT2D eigenvalue weighted by Crippen LogP contribution is 2.40. The van der Waals surface area contributed by atoms with E-state index in [-0.39, 0.29) is 5.57 Å². The summed E-state index contributed by atoms with van der Waals surface area (Å²) < 4.78 is 11.2. The highest BCUT2D eigenvalue weighted by atomic mass is 16.5. The highest BCUT2D eigenvalue weighted by molar-refractivity contribution is 6.17. The number of hydrogen-bond acceptors (Lipinski definition) is 4. The molecule has 1 aliphatic rings. The average Bonchev–Trinajstić information content (AvgIpc) is 2.53. The molecule has 0 spiro atoms. The zero-order valence-electron chi connectivity index (χ0n) is 15.1. The Kier molecular flexibility index (Phi) is 6.23. The first kappa shape index (κ1) is 19.0. The van der Waals surface area contributed by atoms with Gasteiger partial charge in [0.1, 0.15) is 17.1 Å². The second kappa shape index (κ2) is 8.19. The van der Waals surface area contributed by atoms with Gasteiger partial charge in [0.2, 0.25) is 0 Å². The van der Waals surface area contributed by atoms with Crippen LogP contribution in [-0.4, -0.2) is 22.6 Å². The number of unbranched alkanes of at least 4 members (excludes halogenated alkanes) is 4. The molecule has 25 heavy (non-hydrogen) atoms. The number of carboxylic acids is 1. The molecule has 1 atom stereocenters. The van der Waals surface area contributed by atoms with Crippen LogP contribution in [0.15, 0.2) is 24.3 Å². The van der Waals surface area contributed by atoms with Crippen LogP contribution >= 0.6 is 0 Å². The van der Waals surface area contributed by atoms with Gasteiger partial charge in [-0.05, 0) is 38.0 Å². The minimum Gasteiger partial charge on any atom is -0.483 e. The Hall–Kier alpha value is -2.30. The topological polar surface area (TPSA) is 72.8 Å². The minimum absolute atomic E-state index is 0.228. The largest absolute Gasteiger partial charge is 0.483 e. The maximum atomic E-state index is 11.7. The van der Waals surface area contributed by atoms with Crippen molar-refractivity contribution in [1.82, 2.24) is 0 Å². The quantitative estimate of drug-likeness (QED) is 0.423. The molecule has 0 aliphatic carbocycles. The lowest BCUT2D eigenvalue weighted by Gasteiger charge is -2.33. The zero-order valence-corrected chi connectivity index (χ0v) is 15.1. The molecular formula is C20H26O5. The van der Waals surface area contributed by atoms with Gasteiger partial charge >= 0.3 is 11.9 Å². The van der Waals surface area contributed by atoms with Crippen LogP contribution in [0.3, 0.4) is 0 Å². The number of esters is 1. The first-order valence-corrected chi connectivity index (χ1v) is 8.82. The standard InChI is InChI=1S/C20H26O5/c1-4-5-6-7-8-11-20(3)13-17(19(22)23)16-10-9-15(24-14(2)21)12-18(16)25-20/h9-10,12-13H,4-8,11H2,1-3H3,(H,22,23). The highest BCUT2D eigenvalue weighted by Gasteiger charge is 2.33. The van der Waals surface area contributed by atoms with Crippen molar-refractivity contribution < 1.29 is 24.2 Å². The number of carbonyl (C=O) groups excluding carboxylic acids is 1. The average molecular weight is 346 g/mol. The third kappa shape index (κ3) is 5.08. The number of ether oxygens (including phenoxy) is 2. The van der Waals surface area contributed by atoms with Crippen molar-refractivity contribution in [2.75, 3.05) is 0 Å². The van der Waals surface area contributed by atoms with E-state index in [1.165, 1.54) is 26.2 Å². The van der Waals surface area contributed by atoms with Crippen molar-refractivity contribution in [2.24, 2.45) is 0 Å². The molecule has 0 amide bonds. The Morgan fingerprint density at radius 1 is 1.20 bits per heavy atom. The first-order valence-electron chi connectivity index (χ1n) is 8.82. The molecule has 0 saturated carbocycles. The lowest BCUT2D eigenvalue weighted by atomic mass is 9.89. The van der Waals surface area contributed by atoms with E-state index in [1.54, 1.807) is 24.3 Å². The fourth-order valence-electron chi connectivity index (χ4n) is 3.08. The fraction of sp³-hybridized carbons (Fsp3) is 0.500. The Morgan fingerprint density at radius 3 is 2.56 bits per heavy atom. The molecule has 2 rings (SSSR count). The molecule has 1 unspecified atom stereocenters.